The number of alkyl halides is 1. The molecular weight excluding hydrogens is 201 g/mol. The van der Waals surface area contributed by atoms with E-state index in [4.69, 9.17) is 15.2 Å². The number of rotatable bonds is 5. The lowest BCUT2D eigenvalue weighted by atomic mass is 10.2. The van der Waals surface area contributed by atoms with E-state index in [-0.39, 0.29) is 12.2 Å². The summed E-state index contributed by atoms with van der Waals surface area (Å²) in [6, 6.07) is 4.52. The van der Waals surface area contributed by atoms with Gasteiger partial charge in [0.1, 0.15) is 24.8 Å². The lowest BCUT2D eigenvalue weighted by molar-refractivity contribution is 0.0997. The molecule has 0 atom stereocenters. The zero-order chi connectivity index (χ0) is 11.3. The number of halogens is 1. The summed E-state index contributed by atoms with van der Waals surface area (Å²) < 4.78 is 21.8. The lowest BCUT2D eigenvalue weighted by Gasteiger charge is -2.08. The van der Waals surface area contributed by atoms with Crippen LogP contribution in [0.4, 0.5) is 4.39 Å². The van der Waals surface area contributed by atoms with Crippen molar-refractivity contribution in [3.05, 3.63) is 23.8 Å². The van der Waals surface area contributed by atoms with Crippen molar-refractivity contribution in [1.29, 1.82) is 0 Å². The molecule has 0 radical (unpaired) electrons. The van der Waals surface area contributed by atoms with Gasteiger partial charge in [-0.05, 0) is 12.1 Å². The van der Waals surface area contributed by atoms with Gasteiger partial charge in [0.05, 0.1) is 12.7 Å². The largest absolute Gasteiger partial charge is 0.496 e. The fourth-order valence-electron chi connectivity index (χ4n) is 1.12. The molecule has 82 valence electrons. The second-order valence-electron chi connectivity index (χ2n) is 2.76. The van der Waals surface area contributed by atoms with Crippen molar-refractivity contribution in [1.82, 2.24) is 0 Å². The summed E-state index contributed by atoms with van der Waals surface area (Å²) >= 11 is 0. The van der Waals surface area contributed by atoms with Gasteiger partial charge in [0.15, 0.2) is 0 Å². The SMILES string of the molecule is COc1cc(OCCF)ccc1C(N)=O. The molecular formula is C10H12FNO3. The highest BCUT2D eigenvalue weighted by Gasteiger charge is 2.09. The van der Waals surface area contributed by atoms with E-state index in [0.29, 0.717) is 11.5 Å². The van der Waals surface area contributed by atoms with Gasteiger partial charge in [0.2, 0.25) is 0 Å². The van der Waals surface area contributed by atoms with Crippen molar-refractivity contribution >= 4 is 5.91 Å². The van der Waals surface area contributed by atoms with Crippen molar-refractivity contribution in [2.45, 2.75) is 0 Å². The molecule has 0 spiro atoms. The molecule has 0 heterocycles. The van der Waals surface area contributed by atoms with Crippen LogP contribution in [0.1, 0.15) is 10.4 Å². The Bertz CT molecular complexity index is 355. The molecule has 1 amide bonds. The van der Waals surface area contributed by atoms with Crippen molar-refractivity contribution in [2.75, 3.05) is 20.4 Å². The van der Waals surface area contributed by atoms with Crippen LogP contribution in [0.3, 0.4) is 0 Å². The first-order valence-electron chi connectivity index (χ1n) is 4.35. The summed E-state index contributed by atoms with van der Waals surface area (Å²) in [4.78, 5) is 10.9. The number of benzene rings is 1. The van der Waals surface area contributed by atoms with Gasteiger partial charge in [0, 0.05) is 6.07 Å². The summed E-state index contributed by atoms with van der Waals surface area (Å²) in [6.07, 6.45) is 0. The summed E-state index contributed by atoms with van der Waals surface area (Å²) in [5.41, 5.74) is 5.39. The maximum atomic E-state index is 11.8. The molecule has 0 aromatic heterocycles. The summed E-state index contributed by atoms with van der Waals surface area (Å²) in [7, 11) is 1.42. The minimum absolute atomic E-state index is 0.0287. The molecule has 1 rings (SSSR count). The third kappa shape index (κ3) is 2.83. The van der Waals surface area contributed by atoms with Crippen LogP contribution in [-0.2, 0) is 0 Å². The second kappa shape index (κ2) is 5.19. The molecule has 1 aromatic rings. The van der Waals surface area contributed by atoms with Crippen LogP contribution >= 0.6 is 0 Å². The van der Waals surface area contributed by atoms with E-state index in [9.17, 15) is 9.18 Å². The minimum Gasteiger partial charge on any atom is -0.496 e. The Hall–Kier alpha value is -1.78. The number of hydrogen-bond acceptors (Lipinski definition) is 3. The van der Waals surface area contributed by atoms with Crippen molar-refractivity contribution in [2.24, 2.45) is 5.73 Å². The summed E-state index contributed by atoms with van der Waals surface area (Å²) in [5.74, 6) is 0.178. The molecule has 15 heavy (non-hydrogen) atoms. The number of carbonyl (C=O) groups is 1. The predicted molar refractivity (Wildman–Crippen MR) is 53.0 cm³/mol. The quantitative estimate of drug-likeness (QED) is 0.797. The Morgan fingerprint density at radius 1 is 1.53 bits per heavy atom. The first kappa shape index (κ1) is 11.3. The molecule has 0 bridgehead atoms. The number of methoxy groups -OCH3 is 1. The predicted octanol–water partition coefficient (Wildman–Crippen LogP) is 1.14. The van der Waals surface area contributed by atoms with Crippen LogP contribution in [0, 0.1) is 0 Å². The maximum absolute atomic E-state index is 11.8. The zero-order valence-electron chi connectivity index (χ0n) is 8.33. The number of carbonyl (C=O) groups excluding carboxylic acids is 1. The van der Waals surface area contributed by atoms with Gasteiger partial charge in [-0.1, -0.05) is 0 Å². The third-order valence-corrected chi connectivity index (χ3v) is 1.78. The fourth-order valence-corrected chi connectivity index (χ4v) is 1.12. The average Bonchev–Trinajstić information content (AvgIpc) is 2.25. The van der Waals surface area contributed by atoms with E-state index in [1.165, 1.54) is 25.3 Å². The van der Waals surface area contributed by atoms with E-state index in [0.717, 1.165) is 0 Å². The van der Waals surface area contributed by atoms with E-state index in [2.05, 4.69) is 0 Å². The van der Waals surface area contributed by atoms with Crippen LogP contribution in [0.2, 0.25) is 0 Å². The van der Waals surface area contributed by atoms with Crippen LogP contribution in [0.15, 0.2) is 18.2 Å². The molecule has 4 nitrogen and oxygen atoms in total. The Morgan fingerprint density at radius 2 is 2.27 bits per heavy atom. The minimum atomic E-state index is -0.580. The molecule has 0 aliphatic heterocycles. The molecule has 2 N–H and O–H groups in total. The van der Waals surface area contributed by atoms with Gasteiger partial charge in [-0.25, -0.2) is 4.39 Å². The maximum Gasteiger partial charge on any atom is 0.252 e. The molecule has 0 aliphatic rings. The highest BCUT2D eigenvalue weighted by Crippen LogP contribution is 2.24. The summed E-state index contributed by atoms with van der Waals surface area (Å²) in [5, 5.41) is 0. The van der Waals surface area contributed by atoms with E-state index < -0.39 is 12.6 Å². The standard InChI is InChI=1S/C10H12FNO3/c1-14-9-6-7(15-5-4-11)2-3-8(9)10(12)13/h2-3,6H,4-5H2,1H3,(H2,12,13). The second-order valence-corrected chi connectivity index (χ2v) is 2.76. The lowest BCUT2D eigenvalue weighted by Crippen LogP contribution is -2.12. The van der Waals surface area contributed by atoms with Crippen LogP contribution in [0.25, 0.3) is 0 Å². The number of hydrogen-bond donors (Lipinski definition) is 1. The molecule has 0 fully saturated rings. The van der Waals surface area contributed by atoms with E-state index in [1.54, 1.807) is 0 Å². The van der Waals surface area contributed by atoms with Gasteiger partial charge >= 0.3 is 0 Å². The Balaban J connectivity index is 2.92. The Labute approximate surface area is 86.8 Å². The van der Waals surface area contributed by atoms with Gasteiger partial charge in [-0.2, -0.15) is 0 Å². The van der Waals surface area contributed by atoms with Crippen LogP contribution in [-0.4, -0.2) is 26.3 Å². The van der Waals surface area contributed by atoms with Gasteiger partial charge in [-0.3, -0.25) is 4.79 Å². The highest BCUT2D eigenvalue weighted by molar-refractivity contribution is 5.95. The molecule has 0 aliphatic carbocycles. The van der Waals surface area contributed by atoms with Gasteiger partial charge in [0.25, 0.3) is 5.91 Å². The normalized spacial score (nSPS) is 9.73. The average molecular weight is 213 g/mol. The van der Waals surface area contributed by atoms with Gasteiger partial charge < -0.3 is 15.2 Å². The smallest absolute Gasteiger partial charge is 0.252 e. The van der Waals surface area contributed by atoms with Crippen molar-refractivity contribution < 1.29 is 18.7 Å². The number of nitrogens with two attached hydrogens (primary N) is 1. The Morgan fingerprint density at radius 3 is 2.80 bits per heavy atom. The molecule has 1 aromatic carbocycles. The van der Waals surface area contributed by atoms with Crippen LogP contribution < -0.4 is 15.2 Å². The van der Waals surface area contributed by atoms with Crippen molar-refractivity contribution in [3.63, 3.8) is 0 Å². The van der Waals surface area contributed by atoms with Crippen LogP contribution in [0.5, 0.6) is 11.5 Å². The number of primary amides is 1. The molecule has 0 saturated heterocycles. The van der Waals surface area contributed by atoms with Crippen molar-refractivity contribution in [3.8, 4) is 11.5 Å². The van der Waals surface area contributed by atoms with Gasteiger partial charge in [-0.15, -0.1) is 0 Å². The Kier molecular flexibility index (Phi) is 3.91. The number of amides is 1. The summed E-state index contributed by atoms with van der Waals surface area (Å²) in [6.45, 7) is -0.598. The molecule has 5 heteroatoms. The first-order chi connectivity index (χ1) is 7.19. The molecule has 0 saturated carbocycles. The zero-order valence-corrected chi connectivity index (χ0v) is 8.33. The third-order valence-electron chi connectivity index (χ3n) is 1.78. The molecule has 0 unspecified atom stereocenters. The topological polar surface area (TPSA) is 61.6 Å². The number of ether oxygens (including phenoxy) is 2. The monoisotopic (exact) mass is 213 g/mol. The van der Waals surface area contributed by atoms with E-state index in [1.807, 2.05) is 0 Å². The highest BCUT2D eigenvalue weighted by atomic mass is 19.1. The van der Waals surface area contributed by atoms with E-state index >= 15 is 0 Å². The fraction of sp³-hybridized carbons (Fsp3) is 0.300. The first-order valence-corrected chi connectivity index (χ1v) is 4.35.